The highest BCUT2D eigenvalue weighted by Gasteiger charge is 2.18. The van der Waals surface area contributed by atoms with Crippen LogP contribution in [-0.4, -0.2) is 37.5 Å². The number of fused-ring (bicyclic) bond motifs is 1. The van der Waals surface area contributed by atoms with Gasteiger partial charge in [0.1, 0.15) is 5.39 Å². The van der Waals surface area contributed by atoms with Gasteiger partial charge in [0, 0.05) is 6.54 Å². The van der Waals surface area contributed by atoms with Crippen molar-refractivity contribution in [3.05, 3.63) is 82.8 Å². The normalized spacial score (nSPS) is 12.0. The Bertz CT molecular complexity index is 1200. The van der Waals surface area contributed by atoms with Gasteiger partial charge < -0.3 is 10.3 Å². The van der Waals surface area contributed by atoms with E-state index in [0.29, 0.717) is 22.7 Å². The van der Waals surface area contributed by atoms with E-state index in [-0.39, 0.29) is 11.5 Å². The number of aromatic amines is 1. The minimum Gasteiger partial charge on any atom is -0.355 e. The molecule has 2 aromatic carbocycles. The molecule has 0 bridgehead atoms. The quantitative estimate of drug-likeness (QED) is 0.355. The van der Waals surface area contributed by atoms with Gasteiger partial charge in [0.25, 0.3) is 5.56 Å². The van der Waals surface area contributed by atoms with Crippen LogP contribution in [0.4, 0.5) is 0 Å². The molecule has 30 heavy (non-hydrogen) atoms. The average molecular weight is 420 g/mol. The summed E-state index contributed by atoms with van der Waals surface area (Å²) < 4.78 is 1.62. The minimum atomic E-state index is -0.408. The minimum absolute atomic E-state index is 0.102. The van der Waals surface area contributed by atoms with E-state index in [0.717, 1.165) is 12.1 Å². The number of hydrogen-bond donors (Lipinski definition) is 2. The van der Waals surface area contributed by atoms with Crippen LogP contribution in [0.5, 0.6) is 0 Å². The molecule has 0 saturated heterocycles. The molecular weight excluding hydrogens is 398 g/mol. The summed E-state index contributed by atoms with van der Waals surface area (Å²) in [6, 6.07) is 19.5. The van der Waals surface area contributed by atoms with Crippen LogP contribution in [0.15, 0.2) is 76.8 Å². The maximum Gasteiger partial charge on any atom is 0.262 e. The van der Waals surface area contributed by atoms with Gasteiger partial charge in [0.15, 0.2) is 10.8 Å². The second kappa shape index (κ2) is 8.96. The number of aromatic nitrogens is 4. The smallest absolute Gasteiger partial charge is 0.262 e. The third-order valence-corrected chi connectivity index (χ3v) is 5.61. The van der Waals surface area contributed by atoms with Gasteiger partial charge in [-0.25, -0.2) is 9.67 Å². The molecule has 0 spiro atoms. The molecule has 0 aliphatic heterocycles. The van der Waals surface area contributed by atoms with Crippen molar-refractivity contribution in [2.24, 2.45) is 0 Å². The molecular formula is C22H21N5O2S. The largest absolute Gasteiger partial charge is 0.355 e. The number of carbonyl (C=O) groups excluding carboxylic acids is 1. The third kappa shape index (κ3) is 4.44. The number of nitrogens with one attached hydrogen (secondary N) is 2. The van der Waals surface area contributed by atoms with Crippen molar-refractivity contribution >= 4 is 28.7 Å². The molecule has 4 aromatic rings. The fraction of sp³-hybridized carbons (Fsp3) is 0.182. The molecule has 2 aromatic heterocycles. The first-order valence-electron chi connectivity index (χ1n) is 9.63. The first-order valence-corrected chi connectivity index (χ1v) is 10.5. The number of hydrogen-bond acceptors (Lipinski definition) is 5. The molecule has 7 nitrogen and oxygen atoms in total. The summed E-state index contributed by atoms with van der Waals surface area (Å²) in [5.74, 6) is -0.102. The highest BCUT2D eigenvalue weighted by molar-refractivity contribution is 8.00. The molecule has 2 heterocycles. The predicted octanol–water partition coefficient (Wildman–Crippen LogP) is 2.95. The molecule has 0 aliphatic rings. The van der Waals surface area contributed by atoms with Gasteiger partial charge in [0.2, 0.25) is 5.91 Å². The SMILES string of the molecule is CC(Sc1nc2c(cnn2-c2ccccc2)c(=O)[nH]1)C(=O)NCCc1ccccc1. The number of carbonyl (C=O) groups is 1. The third-order valence-electron chi connectivity index (χ3n) is 4.63. The summed E-state index contributed by atoms with van der Waals surface area (Å²) >= 11 is 1.21. The van der Waals surface area contributed by atoms with Crippen LogP contribution in [-0.2, 0) is 11.2 Å². The Labute approximate surface area is 177 Å². The molecule has 1 atom stereocenters. The summed E-state index contributed by atoms with van der Waals surface area (Å²) in [4.78, 5) is 32.2. The Morgan fingerprint density at radius 1 is 1.13 bits per heavy atom. The van der Waals surface area contributed by atoms with Crippen LogP contribution < -0.4 is 10.9 Å². The van der Waals surface area contributed by atoms with Crippen LogP contribution in [0.2, 0.25) is 0 Å². The lowest BCUT2D eigenvalue weighted by Gasteiger charge is -2.11. The van der Waals surface area contributed by atoms with E-state index in [2.05, 4.69) is 20.4 Å². The van der Waals surface area contributed by atoms with Crippen molar-refractivity contribution in [2.75, 3.05) is 6.54 Å². The summed E-state index contributed by atoms with van der Waals surface area (Å²) in [6.45, 7) is 2.35. The van der Waals surface area contributed by atoms with Gasteiger partial charge in [-0.3, -0.25) is 9.59 Å². The summed E-state index contributed by atoms with van der Waals surface area (Å²) in [5.41, 5.74) is 2.17. The van der Waals surface area contributed by atoms with E-state index in [9.17, 15) is 9.59 Å². The first kappa shape index (κ1) is 19.9. The number of rotatable bonds is 7. The topological polar surface area (TPSA) is 92.7 Å². The van der Waals surface area contributed by atoms with Crippen molar-refractivity contribution < 1.29 is 4.79 Å². The zero-order valence-corrected chi connectivity index (χ0v) is 17.2. The highest BCUT2D eigenvalue weighted by Crippen LogP contribution is 2.21. The molecule has 0 saturated carbocycles. The maximum atomic E-state index is 12.5. The zero-order chi connectivity index (χ0) is 20.9. The van der Waals surface area contributed by atoms with Crippen LogP contribution in [0.25, 0.3) is 16.7 Å². The number of para-hydroxylation sites is 1. The Morgan fingerprint density at radius 2 is 1.83 bits per heavy atom. The number of benzene rings is 2. The van der Waals surface area contributed by atoms with Crippen molar-refractivity contribution in [1.82, 2.24) is 25.1 Å². The van der Waals surface area contributed by atoms with Gasteiger partial charge >= 0.3 is 0 Å². The summed E-state index contributed by atoms with van der Waals surface area (Å²) in [6.07, 6.45) is 2.27. The van der Waals surface area contributed by atoms with Gasteiger partial charge in [0.05, 0.1) is 17.1 Å². The van der Waals surface area contributed by atoms with Crippen molar-refractivity contribution in [1.29, 1.82) is 0 Å². The lowest BCUT2D eigenvalue weighted by molar-refractivity contribution is -0.120. The van der Waals surface area contributed by atoms with Gasteiger partial charge in [-0.05, 0) is 31.0 Å². The predicted molar refractivity (Wildman–Crippen MR) is 118 cm³/mol. The highest BCUT2D eigenvalue weighted by atomic mass is 32.2. The fourth-order valence-corrected chi connectivity index (χ4v) is 3.87. The van der Waals surface area contributed by atoms with E-state index in [4.69, 9.17) is 0 Å². The van der Waals surface area contributed by atoms with Crippen LogP contribution in [0.3, 0.4) is 0 Å². The van der Waals surface area contributed by atoms with Crippen LogP contribution in [0.1, 0.15) is 12.5 Å². The number of nitrogens with zero attached hydrogens (tertiary/aromatic N) is 3. The average Bonchev–Trinajstić information content (AvgIpc) is 3.19. The lowest BCUT2D eigenvalue weighted by Crippen LogP contribution is -2.32. The monoisotopic (exact) mass is 419 g/mol. The summed E-state index contributed by atoms with van der Waals surface area (Å²) in [7, 11) is 0. The first-order chi connectivity index (χ1) is 14.6. The van der Waals surface area contributed by atoms with E-state index in [1.165, 1.54) is 23.5 Å². The molecule has 0 aliphatic carbocycles. The van der Waals surface area contributed by atoms with Crippen LogP contribution >= 0.6 is 11.8 Å². The molecule has 8 heteroatoms. The lowest BCUT2D eigenvalue weighted by atomic mass is 10.1. The second-order valence-corrected chi connectivity index (χ2v) is 8.12. The number of thioether (sulfide) groups is 1. The molecule has 0 fully saturated rings. The van der Waals surface area contributed by atoms with Crippen molar-refractivity contribution in [3.8, 4) is 5.69 Å². The summed E-state index contributed by atoms with van der Waals surface area (Å²) in [5, 5.41) is 7.62. The molecule has 1 amide bonds. The Hall–Kier alpha value is -3.39. The fourth-order valence-electron chi connectivity index (χ4n) is 3.05. The molecule has 4 rings (SSSR count). The second-order valence-electron chi connectivity index (χ2n) is 6.79. The standard InChI is InChI=1S/C22H21N5O2S/c1-15(20(28)23-13-12-16-8-4-2-5-9-16)30-22-25-19-18(21(29)26-22)14-24-27(19)17-10-6-3-7-11-17/h2-11,14-15H,12-13H2,1H3,(H,23,28)(H,25,26,29). The zero-order valence-electron chi connectivity index (χ0n) is 16.4. The van der Waals surface area contributed by atoms with E-state index >= 15 is 0 Å². The Morgan fingerprint density at radius 3 is 2.57 bits per heavy atom. The number of H-pyrrole nitrogens is 1. The van der Waals surface area contributed by atoms with E-state index in [1.54, 1.807) is 11.6 Å². The van der Waals surface area contributed by atoms with Gasteiger partial charge in [-0.15, -0.1) is 0 Å². The Balaban J connectivity index is 1.46. The van der Waals surface area contributed by atoms with Crippen LogP contribution in [0, 0.1) is 0 Å². The maximum absolute atomic E-state index is 12.5. The van der Waals surface area contributed by atoms with Crippen molar-refractivity contribution in [3.63, 3.8) is 0 Å². The molecule has 0 radical (unpaired) electrons. The van der Waals surface area contributed by atoms with Gasteiger partial charge in [-0.1, -0.05) is 60.3 Å². The number of amides is 1. The molecule has 152 valence electrons. The Kier molecular flexibility index (Phi) is 5.94. The van der Waals surface area contributed by atoms with E-state index < -0.39 is 5.25 Å². The molecule has 2 N–H and O–H groups in total. The van der Waals surface area contributed by atoms with Gasteiger partial charge in [-0.2, -0.15) is 5.10 Å². The van der Waals surface area contributed by atoms with Crippen molar-refractivity contribution in [2.45, 2.75) is 23.8 Å². The molecule has 1 unspecified atom stereocenters. The van der Waals surface area contributed by atoms with E-state index in [1.807, 2.05) is 60.7 Å².